The molecule has 4 heteroatoms. The van der Waals surface area contributed by atoms with Crippen LogP contribution in [0.3, 0.4) is 0 Å². The monoisotopic (exact) mass is 413 g/mol. The molecule has 174 valence electrons. The zero-order chi connectivity index (χ0) is 21.6. The first-order chi connectivity index (χ1) is 14.2. The normalized spacial score (nSPS) is 12.6. The van der Waals surface area contributed by atoms with Crippen LogP contribution in [0.25, 0.3) is 0 Å². The molecule has 0 saturated carbocycles. The molecule has 0 aliphatic heterocycles. The molecular formula is C25H51NO3. The maximum absolute atomic E-state index is 11.4. The van der Waals surface area contributed by atoms with Crippen molar-refractivity contribution in [2.24, 2.45) is 5.92 Å². The van der Waals surface area contributed by atoms with Gasteiger partial charge in [0.05, 0.1) is 12.5 Å². The van der Waals surface area contributed by atoms with Crippen LogP contribution >= 0.6 is 0 Å². The van der Waals surface area contributed by atoms with Crippen LogP contribution in [-0.2, 0) is 9.63 Å². The lowest BCUT2D eigenvalue weighted by molar-refractivity contribution is -0.175. The van der Waals surface area contributed by atoms with E-state index in [9.17, 15) is 9.90 Å². The molecule has 0 aromatic carbocycles. The van der Waals surface area contributed by atoms with Gasteiger partial charge in [0.15, 0.2) is 0 Å². The van der Waals surface area contributed by atoms with Crippen LogP contribution < -0.4 is 0 Å². The van der Waals surface area contributed by atoms with E-state index in [1.165, 1.54) is 89.9 Å². The van der Waals surface area contributed by atoms with E-state index in [1.54, 1.807) is 0 Å². The van der Waals surface area contributed by atoms with Crippen molar-refractivity contribution in [1.82, 2.24) is 5.06 Å². The fourth-order valence-corrected chi connectivity index (χ4v) is 3.82. The second-order valence-electron chi connectivity index (χ2n) is 8.54. The Morgan fingerprint density at radius 2 is 1.07 bits per heavy atom. The number of nitrogens with zero attached hydrogens (tertiary/aromatic N) is 1. The lowest BCUT2D eigenvalue weighted by Gasteiger charge is -2.20. The third-order valence-corrected chi connectivity index (χ3v) is 5.92. The van der Waals surface area contributed by atoms with Gasteiger partial charge in [0.2, 0.25) is 0 Å². The molecule has 0 rings (SSSR count). The van der Waals surface area contributed by atoms with E-state index < -0.39 is 5.97 Å². The highest BCUT2D eigenvalue weighted by atomic mass is 16.7. The average molecular weight is 414 g/mol. The largest absolute Gasteiger partial charge is 0.481 e. The van der Waals surface area contributed by atoms with E-state index >= 15 is 0 Å². The highest BCUT2D eigenvalue weighted by Gasteiger charge is 2.18. The quantitative estimate of drug-likeness (QED) is 0.138. The minimum atomic E-state index is -0.724. The van der Waals surface area contributed by atoms with Gasteiger partial charge in [0.1, 0.15) is 0 Å². The van der Waals surface area contributed by atoms with Gasteiger partial charge in [0.25, 0.3) is 0 Å². The Hall–Kier alpha value is -0.610. The zero-order valence-electron chi connectivity index (χ0n) is 19.9. The lowest BCUT2D eigenvalue weighted by atomic mass is 10.0. The van der Waals surface area contributed by atoms with Crippen molar-refractivity contribution in [1.29, 1.82) is 0 Å². The number of aliphatic carboxylic acids is 1. The van der Waals surface area contributed by atoms with Crippen LogP contribution in [0.5, 0.6) is 0 Å². The average Bonchev–Trinajstić information content (AvgIpc) is 2.72. The van der Waals surface area contributed by atoms with Gasteiger partial charge in [-0.25, -0.2) is 0 Å². The van der Waals surface area contributed by atoms with Gasteiger partial charge in [0, 0.05) is 13.1 Å². The van der Waals surface area contributed by atoms with Gasteiger partial charge in [-0.15, -0.1) is 0 Å². The van der Waals surface area contributed by atoms with Gasteiger partial charge in [-0.2, -0.15) is 5.06 Å². The Kier molecular flexibility index (Phi) is 21.6. The molecule has 0 aromatic heterocycles. The van der Waals surface area contributed by atoms with E-state index in [4.69, 9.17) is 4.84 Å². The molecule has 0 amide bonds. The van der Waals surface area contributed by atoms with E-state index in [0.717, 1.165) is 32.4 Å². The van der Waals surface area contributed by atoms with Gasteiger partial charge in [-0.1, -0.05) is 124 Å². The van der Waals surface area contributed by atoms with Crippen LogP contribution in [0.2, 0.25) is 0 Å². The van der Waals surface area contributed by atoms with Crippen molar-refractivity contribution in [3.8, 4) is 0 Å². The summed E-state index contributed by atoms with van der Waals surface area (Å²) in [6.07, 6.45) is 22.2. The Morgan fingerprint density at radius 3 is 1.41 bits per heavy atom. The molecule has 0 aliphatic rings. The molecule has 29 heavy (non-hydrogen) atoms. The highest BCUT2D eigenvalue weighted by molar-refractivity contribution is 5.70. The summed E-state index contributed by atoms with van der Waals surface area (Å²) in [5.41, 5.74) is 0. The summed E-state index contributed by atoms with van der Waals surface area (Å²) in [6.45, 7) is 8.21. The molecule has 0 spiro atoms. The summed E-state index contributed by atoms with van der Waals surface area (Å²) in [7, 11) is 0. The van der Waals surface area contributed by atoms with Crippen molar-refractivity contribution < 1.29 is 14.7 Å². The molecule has 0 radical (unpaired) electrons. The zero-order valence-corrected chi connectivity index (χ0v) is 19.9. The molecule has 4 nitrogen and oxygen atoms in total. The van der Waals surface area contributed by atoms with Crippen molar-refractivity contribution in [3.05, 3.63) is 0 Å². The first-order valence-corrected chi connectivity index (χ1v) is 12.8. The molecule has 0 aliphatic carbocycles. The lowest BCUT2D eigenvalue weighted by Crippen LogP contribution is -2.29. The molecule has 0 fully saturated rings. The van der Waals surface area contributed by atoms with Gasteiger partial charge in [-0.3, -0.25) is 9.63 Å². The molecule has 0 aromatic rings. The van der Waals surface area contributed by atoms with Crippen molar-refractivity contribution in [3.63, 3.8) is 0 Å². The molecule has 0 heterocycles. The minimum absolute atomic E-state index is 0.301. The number of hydrogen-bond donors (Lipinski definition) is 1. The molecule has 0 saturated heterocycles. The summed E-state index contributed by atoms with van der Waals surface area (Å²) in [5, 5.41) is 11.2. The number of unbranched alkanes of at least 4 members (excludes halogenated alkanes) is 15. The molecule has 1 unspecified atom stereocenters. The van der Waals surface area contributed by atoms with E-state index in [1.807, 2.05) is 18.9 Å². The Bertz CT molecular complexity index is 345. The first kappa shape index (κ1) is 28.4. The van der Waals surface area contributed by atoms with Gasteiger partial charge >= 0.3 is 5.97 Å². The van der Waals surface area contributed by atoms with Crippen LogP contribution in [-0.4, -0.2) is 35.8 Å². The van der Waals surface area contributed by atoms with Gasteiger partial charge in [-0.05, 0) is 6.42 Å². The maximum Gasteiger partial charge on any atom is 0.308 e. The topological polar surface area (TPSA) is 49.8 Å². The van der Waals surface area contributed by atoms with E-state index in [2.05, 4.69) is 6.92 Å². The molecule has 0 bridgehead atoms. The SMILES string of the molecule is CCCCCCCCCCCCCCCCCCC(CON(CC)CC)C(=O)O. The number of hydroxylamine groups is 2. The van der Waals surface area contributed by atoms with E-state index in [-0.39, 0.29) is 5.92 Å². The Morgan fingerprint density at radius 1 is 0.690 bits per heavy atom. The molecule has 1 atom stereocenters. The Balaban J connectivity index is 3.41. The number of rotatable bonds is 23. The van der Waals surface area contributed by atoms with E-state index in [0.29, 0.717) is 6.61 Å². The molecular weight excluding hydrogens is 362 g/mol. The predicted octanol–water partition coefficient (Wildman–Crippen LogP) is 7.61. The smallest absolute Gasteiger partial charge is 0.308 e. The van der Waals surface area contributed by atoms with Gasteiger partial charge < -0.3 is 5.11 Å². The van der Waals surface area contributed by atoms with Crippen LogP contribution in [0, 0.1) is 5.92 Å². The van der Waals surface area contributed by atoms with Crippen molar-refractivity contribution in [2.45, 2.75) is 130 Å². The highest BCUT2D eigenvalue weighted by Crippen LogP contribution is 2.16. The molecule has 1 N–H and O–H groups in total. The summed E-state index contributed by atoms with van der Waals surface area (Å²) < 4.78 is 0. The fraction of sp³-hybridized carbons (Fsp3) is 0.960. The van der Waals surface area contributed by atoms with Crippen LogP contribution in [0.1, 0.15) is 130 Å². The number of carbonyl (C=O) groups is 1. The fourth-order valence-electron chi connectivity index (χ4n) is 3.82. The summed E-state index contributed by atoms with van der Waals surface area (Å²) in [5.74, 6) is -1.10. The van der Waals surface area contributed by atoms with Crippen LogP contribution in [0.4, 0.5) is 0 Å². The summed E-state index contributed by atoms with van der Waals surface area (Å²) in [4.78, 5) is 17.0. The second-order valence-corrected chi connectivity index (χ2v) is 8.54. The number of hydrogen-bond acceptors (Lipinski definition) is 3. The minimum Gasteiger partial charge on any atom is -0.481 e. The standard InChI is InChI=1S/C25H51NO3/c1-4-7-8-9-10-11-12-13-14-15-16-17-18-19-20-21-22-24(25(27)28)23-29-26(5-2)6-3/h24H,4-23H2,1-3H3,(H,27,28). The Labute approximate surface area is 181 Å². The summed E-state index contributed by atoms with van der Waals surface area (Å²) >= 11 is 0. The van der Waals surface area contributed by atoms with Crippen LogP contribution in [0.15, 0.2) is 0 Å². The van der Waals surface area contributed by atoms with Crippen molar-refractivity contribution in [2.75, 3.05) is 19.7 Å². The van der Waals surface area contributed by atoms with Crippen molar-refractivity contribution >= 4 is 5.97 Å². The first-order valence-electron chi connectivity index (χ1n) is 12.8. The third-order valence-electron chi connectivity index (χ3n) is 5.92. The number of carboxylic acids is 1. The second kappa shape index (κ2) is 22.1. The maximum atomic E-state index is 11.4. The summed E-state index contributed by atoms with van der Waals surface area (Å²) in [6, 6.07) is 0. The third kappa shape index (κ3) is 19.1. The number of carboxylic acid groups (broad SMARTS) is 1. The predicted molar refractivity (Wildman–Crippen MR) is 124 cm³/mol.